The van der Waals surface area contributed by atoms with E-state index in [1.165, 1.54) is 16.9 Å². The van der Waals surface area contributed by atoms with Crippen LogP contribution in [0, 0.1) is 20.8 Å². The lowest BCUT2D eigenvalue weighted by Gasteiger charge is -2.16. The topological polar surface area (TPSA) is 96.5 Å². The largest absolute Gasteiger partial charge is 0.497 e. The van der Waals surface area contributed by atoms with Gasteiger partial charge in [0.15, 0.2) is 0 Å². The molecule has 2 heterocycles. The Hall–Kier alpha value is -4.34. The van der Waals surface area contributed by atoms with Gasteiger partial charge in [0.1, 0.15) is 10.8 Å². The summed E-state index contributed by atoms with van der Waals surface area (Å²) in [6.07, 6.45) is 0.762. The highest BCUT2D eigenvalue weighted by Gasteiger charge is 2.15. The third kappa shape index (κ3) is 10.8. The molecule has 0 aliphatic carbocycles. The van der Waals surface area contributed by atoms with Gasteiger partial charge in [-0.2, -0.15) is 0 Å². The third-order valence-corrected chi connectivity index (χ3v) is 7.46. The maximum atomic E-state index is 12.8. The number of benzene rings is 2. The smallest absolute Gasteiger partial charge is 0.253 e. The summed E-state index contributed by atoms with van der Waals surface area (Å²) in [5, 5.41) is 9.10. The molecule has 0 aliphatic rings. The van der Waals surface area contributed by atoms with Crippen molar-refractivity contribution in [2.45, 2.75) is 40.3 Å². The van der Waals surface area contributed by atoms with Crippen molar-refractivity contribution in [3.05, 3.63) is 123 Å². The van der Waals surface area contributed by atoms with E-state index in [0.717, 1.165) is 40.6 Å². The van der Waals surface area contributed by atoms with E-state index in [-0.39, 0.29) is 11.8 Å². The fraction of sp³-hybridized carbons (Fsp3) is 0.294. The number of rotatable bonds is 12. The second kappa shape index (κ2) is 16.9. The summed E-state index contributed by atoms with van der Waals surface area (Å²) in [6, 6.07) is 21.0. The van der Waals surface area contributed by atoms with Crippen LogP contribution in [0.3, 0.4) is 0 Å². The number of methoxy groups -OCH3 is 1. The van der Waals surface area contributed by atoms with Gasteiger partial charge in [-0.1, -0.05) is 48.5 Å². The SMILES string of the molecule is C=C(OC)c1ccc(CNCCCNC(=O)c2cccc(C(=O)N(C)Cc3nc(C)cs3)c2)nc1C.Cc1ccccc1. The zero-order valence-electron chi connectivity index (χ0n) is 25.6. The Labute approximate surface area is 258 Å². The molecule has 2 aromatic carbocycles. The molecule has 0 aliphatic heterocycles. The van der Waals surface area contributed by atoms with Crippen LogP contribution in [0.2, 0.25) is 0 Å². The van der Waals surface area contributed by atoms with E-state index in [1.807, 2.05) is 49.6 Å². The molecule has 4 rings (SSSR count). The average molecular weight is 600 g/mol. The first-order valence-corrected chi connectivity index (χ1v) is 15.0. The molecule has 9 heteroatoms. The first kappa shape index (κ1) is 33.2. The number of carbonyl (C=O) groups is 2. The van der Waals surface area contributed by atoms with Crippen LogP contribution in [0.5, 0.6) is 0 Å². The van der Waals surface area contributed by atoms with E-state index in [2.05, 4.69) is 46.2 Å². The van der Waals surface area contributed by atoms with E-state index < -0.39 is 0 Å². The number of pyridine rings is 1. The van der Waals surface area contributed by atoms with Crippen LogP contribution in [0.4, 0.5) is 0 Å². The van der Waals surface area contributed by atoms with E-state index in [4.69, 9.17) is 4.74 Å². The maximum absolute atomic E-state index is 12.8. The number of thiazole rings is 1. The predicted molar refractivity (Wildman–Crippen MR) is 174 cm³/mol. The van der Waals surface area contributed by atoms with Gasteiger partial charge >= 0.3 is 0 Å². The molecule has 0 spiro atoms. The number of nitrogens with one attached hydrogen (secondary N) is 2. The van der Waals surface area contributed by atoms with Crippen LogP contribution in [0.1, 0.15) is 60.4 Å². The fourth-order valence-electron chi connectivity index (χ4n) is 4.15. The normalized spacial score (nSPS) is 10.3. The molecule has 0 saturated carbocycles. The summed E-state index contributed by atoms with van der Waals surface area (Å²) in [6.45, 7) is 12.1. The monoisotopic (exact) mass is 599 g/mol. The fourth-order valence-corrected chi connectivity index (χ4v) is 4.97. The molecule has 2 aromatic heterocycles. The number of hydrogen-bond donors (Lipinski definition) is 2. The van der Waals surface area contributed by atoms with Gasteiger partial charge in [0, 0.05) is 53.6 Å². The highest BCUT2D eigenvalue weighted by molar-refractivity contribution is 7.09. The minimum Gasteiger partial charge on any atom is -0.497 e. The van der Waals surface area contributed by atoms with Gasteiger partial charge in [0.25, 0.3) is 11.8 Å². The van der Waals surface area contributed by atoms with Gasteiger partial charge in [-0.25, -0.2) is 4.98 Å². The van der Waals surface area contributed by atoms with Gasteiger partial charge in [-0.3, -0.25) is 14.6 Å². The summed E-state index contributed by atoms with van der Waals surface area (Å²) in [7, 11) is 3.33. The minimum absolute atomic E-state index is 0.148. The Balaban J connectivity index is 0.000000633. The number of amides is 2. The molecule has 2 N–H and O–H groups in total. The minimum atomic E-state index is -0.200. The van der Waals surface area contributed by atoms with Crippen LogP contribution in [0.25, 0.3) is 5.76 Å². The average Bonchev–Trinajstić information content (AvgIpc) is 3.42. The molecule has 0 atom stereocenters. The van der Waals surface area contributed by atoms with Crippen LogP contribution in [-0.4, -0.2) is 53.9 Å². The summed E-state index contributed by atoms with van der Waals surface area (Å²) < 4.78 is 5.18. The Kier molecular flexibility index (Phi) is 13.1. The number of aromatic nitrogens is 2. The zero-order valence-corrected chi connectivity index (χ0v) is 26.5. The van der Waals surface area contributed by atoms with Crippen molar-refractivity contribution < 1.29 is 14.3 Å². The van der Waals surface area contributed by atoms with Crippen LogP contribution in [-0.2, 0) is 17.8 Å². The standard InChI is InChI=1S/C27H33N5O3S.C7H8/c1-18-17-36-25(30-18)16-32(4)27(34)22-9-6-8-21(14-22)26(33)29-13-7-12-28-15-23-10-11-24(19(2)31-23)20(3)35-5;1-7-5-3-2-4-6-7/h6,8-11,14,17,28H,3,7,12-13,15-16H2,1-2,4-5H3,(H,29,33);2-6H,1H3. The first-order valence-electron chi connectivity index (χ1n) is 14.1. The summed E-state index contributed by atoms with van der Waals surface area (Å²) in [5.41, 5.74) is 5.91. The van der Waals surface area contributed by atoms with Crippen molar-refractivity contribution in [2.24, 2.45) is 0 Å². The second-order valence-electron chi connectivity index (χ2n) is 10.1. The van der Waals surface area contributed by atoms with Gasteiger partial charge in [0.05, 0.1) is 19.3 Å². The summed E-state index contributed by atoms with van der Waals surface area (Å²) >= 11 is 1.53. The molecule has 0 radical (unpaired) electrons. The van der Waals surface area contributed by atoms with Crippen molar-refractivity contribution in [1.82, 2.24) is 25.5 Å². The molecular weight excluding hydrogens is 558 g/mol. The van der Waals surface area contributed by atoms with Gasteiger partial charge in [-0.15, -0.1) is 11.3 Å². The van der Waals surface area contributed by atoms with Crippen molar-refractivity contribution in [2.75, 3.05) is 27.2 Å². The van der Waals surface area contributed by atoms with Crippen LogP contribution >= 0.6 is 11.3 Å². The highest BCUT2D eigenvalue weighted by atomic mass is 32.1. The molecule has 226 valence electrons. The van der Waals surface area contributed by atoms with Crippen LogP contribution < -0.4 is 10.6 Å². The molecule has 43 heavy (non-hydrogen) atoms. The quantitative estimate of drug-likeness (QED) is 0.154. The van der Waals surface area contributed by atoms with Crippen LogP contribution in [0.15, 0.2) is 78.7 Å². The Bertz CT molecular complexity index is 1500. The predicted octanol–water partition coefficient (Wildman–Crippen LogP) is 5.95. The third-order valence-electron chi connectivity index (χ3n) is 6.51. The summed E-state index contributed by atoms with van der Waals surface area (Å²) in [4.78, 5) is 36.0. The Morgan fingerprint density at radius 2 is 1.70 bits per heavy atom. The maximum Gasteiger partial charge on any atom is 0.253 e. The Morgan fingerprint density at radius 3 is 2.33 bits per heavy atom. The first-order chi connectivity index (χ1) is 20.7. The second-order valence-corrected chi connectivity index (χ2v) is 11.1. The van der Waals surface area contributed by atoms with E-state index in [1.54, 1.807) is 43.3 Å². The van der Waals surface area contributed by atoms with E-state index >= 15 is 0 Å². The molecule has 8 nitrogen and oxygen atoms in total. The highest BCUT2D eigenvalue weighted by Crippen LogP contribution is 2.17. The van der Waals surface area contributed by atoms with Crippen molar-refractivity contribution in [1.29, 1.82) is 0 Å². The number of ether oxygens (including phenoxy) is 1. The molecule has 0 fully saturated rings. The van der Waals surface area contributed by atoms with Gasteiger partial charge in [-0.05, 0) is 64.1 Å². The lowest BCUT2D eigenvalue weighted by Crippen LogP contribution is -2.28. The molecule has 4 aromatic rings. The van der Waals surface area contributed by atoms with Crippen molar-refractivity contribution >= 4 is 28.9 Å². The Morgan fingerprint density at radius 1 is 0.953 bits per heavy atom. The zero-order chi connectivity index (χ0) is 31.2. The lowest BCUT2D eigenvalue weighted by molar-refractivity contribution is 0.0785. The van der Waals surface area contributed by atoms with E-state index in [9.17, 15) is 9.59 Å². The number of carbonyl (C=O) groups excluding carboxylic acids is 2. The molecular formula is C34H41N5O3S. The number of nitrogens with zero attached hydrogens (tertiary/aromatic N) is 3. The van der Waals surface area contributed by atoms with E-state index in [0.29, 0.717) is 36.5 Å². The number of aryl methyl sites for hydroxylation is 3. The van der Waals surface area contributed by atoms with Crippen molar-refractivity contribution in [3.8, 4) is 0 Å². The van der Waals surface area contributed by atoms with Gasteiger partial charge in [0.2, 0.25) is 0 Å². The van der Waals surface area contributed by atoms with Crippen molar-refractivity contribution in [3.63, 3.8) is 0 Å². The lowest BCUT2D eigenvalue weighted by atomic mass is 10.1. The molecule has 0 saturated heterocycles. The molecule has 2 amide bonds. The molecule has 0 bridgehead atoms. The van der Waals surface area contributed by atoms with Gasteiger partial charge < -0.3 is 20.3 Å². The summed E-state index contributed by atoms with van der Waals surface area (Å²) in [5.74, 6) is 0.252. The number of hydrogen-bond acceptors (Lipinski definition) is 7. The molecule has 0 unspecified atom stereocenters.